The predicted octanol–water partition coefficient (Wildman–Crippen LogP) is 3.23. The van der Waals surface area contributed by atoms with Crippen LogP contribution in [0.5, 0.6) is 0 Å². The summed E-state index contributed by atoms with van der Waals surface area (Å²) in [6.45, 7) is 8.47. The van der Waals surface area contributed by atoms with E-state index in [1.54, 1.807) is 0 Å². The molecule has 2 amide bonds. The second kappa shape index (κ2) is 7.32. The molecule has 0 radical (unpaired) electrons. The summed E-state index contributed by atoms with van der Waals surface area (Å²) in [5.74, 6) is -0.147. The first-order valence-electron chi connectivity index (χ1n) is 9.16. The van der Waals surface area contributed by atoms with Crippen molar-refractivity contribution in [2.75, 3.05) is 5.32 Å². The lowest BCUT2D eigenvalue weighted by Crippen LogP contribution is -2.33. The number of hydrogen-bond donors (Lipinski definition) is 2. The third-order valence-corrected chi connectivity index (χ3v) is 4.68. The van der Waals surface area contributed by atoms with Crippen LogP contribution in [0.25, 0.3) is 0 Å². The van der Waals surface area contributed by atoms with Gasteiger partial charge in [0.2, 0.25) is 0 Å². The quantitative estimate of drug-likeness (QED) is 0.885. The number of amides is 2. The summed E-state index contributed by atoms with van der Waals surface area (Å²) in [5, 5.41) is 5.87. The van der Waals surface area contributed by atoms with Gasteiger partial charge in [-0.05, 0) is 58.1 Å². The van der Waals surface area contributed by atoms with Crippen LogP contribution in [0.1, 0.15) is 64.6 Å². The minimum atomic E-state index is -0.253. The Kier molecular flexibility index (Phi) is 5.11. The zero-order valence-corrected chi connectivity index (χ0v) is 15.8. The van der Waals surface area contributed by atoms with Crippen LogP contribution in [-0.4, -0.2) is 27.4 Å². The number of nitrogens with zero attached hydrogens (tertiary/aromatic N) is 2. The summed E-state index contributed by atoms with van der Waals surface area (Å²) in [6.07, 6.45) is 2.75. The lowest BCUT2D eigenvalue weighted by atomic mass is 10.1. The number of rotatable bonds is 4. The van der Waals surface area contributed by atoms with Crippen LogP contribution in [0.3, 0.4) is 0 Å². The highest BCUT2D eigenvalue weighted by Gasteiger charge is 2.28. The van der Waals surface area contributed by atoms with Gasteiger partial charge in [-0.3, -0.25) is 9.59 Å². The SMILES string of the molecule is Cc1cccc(C)c1NC(=O)c1nc(C(=O)NC(C)C)n2c1CCCC2. The van der Waals surface area contributed by atoms with Gasteiger partial charge in [-0.15, -0.1) is 0 Å². The molecule has 2 heterocycles. The number of aryl methyl sites for hydroxylation is 2. The zero-order valence-electron chi connectivity index (χ0n) is 15.8. The smallest absolute Gasteiger partial charge is 0.287 e. The average Bonchev–Trinajstić information content (AvgIpc) is 2.97. The third-order valence-electron chi connectivity index (χ3n) is 4.68. The van der Waals surface area contributed by atoms with Crippen molar-refractivity contribution in [2.45, 2.75) is 59.5 Å². The van der Waals surface area contributed by atoms with Crippen molar-refractivity contribution in [1.82, 2.24) is 14.9 Å². The van der Waals surface area contributed by atoms with Gasteiger partial charge in [-0.2, -0.15) is 0 Å². The predicted molar refractivity (Wildman–Crippen MR) is 102 cm³/mol. The Hall–Kier alpha value is -2.63. The minimum absolute atomic E-state index is 0.0194. The summed E-state index contributed by atoms with van der Waals surface area (Å²) in [7, 11) is 0. The summed E-state index contributed by atoms with van der Waals surface area (Å²) in [5.41, 5.74) is 4.03. The molecule has 0 spiro atoms. The van der Waals surface area contributed by atoms with E-state index < -0.39 is 0 Å². The fraction of sp³-hybridized carbons (Fsp3) is 0.450. The fourth-order valence-electron chi connectivity index (χ4n) is 3.41. The van der Waals surface area contributed by atoms with E-state index in [0.29, 0.717) is 11.5 Å². The summed E-state index contributed by atoms with van der Waals surface area (Å²) >= 11 is 0. The largest absolute Gasteiger partial charge is 0.347 e. The van der Waals surface area contributed by atoms with Crippen molar-refractivity contribution in [3.63, 3.8) is 0 Å². The second-order valence-corrected chi connectivity index (χ2v) is 7.19. The number of imidazole rings is 1. The number of benzene rings is 1. The molecule has 0 aliphatic carbocycles. The Morgan fingerprint density at radius 3 is 2.46 bits per heavy atom. The molecule has 1 aromatic carbocycles. The van der Waals surface area contributed by atoms with E-state index in [9.17, 15) is 9.59 Å². The van der Waals surface area contributed by atoms with Crippen molar-refractivity contribution in [3.8, 4) is 0 Å². The van der Waals surface area contributed by atoms with Gasteiger partial charge in [0.05, 0.1) is 5.69 Å². The number of carbonyl (C=O) groups excluding carboxylic acids is 2. The lowest BCUT2D eigenvalue weighted by molar-refractivity contribution is 0.0927. The topological polar surface area (TPSA) is 76.0 Å². The Labute approximate surface area is 154 Å². The standard InChI is InChI=1S/C20H26N4O2/c1-12(2)21-20(26)18-22-17(15-10-5-6-11-24(15)18)19(25)23-16-13(3)8-7-9-14(16)4/h7-9,12H,5-6,10-11H2,1-4H3,(H,21,26)(H,23,25). The molecule has 1 aromatic heterocycles. The first-order chi connectivity index (χ1) is 12.4. The van der Waals surface area contributed by atoms with Gasteiger partial charge in [-0.25, -0.2) is 4.98 Å². The Balaban J connectivity index is 1.95. The highest BCUT2D eigenvalue weighted by atomic mass is 16.2. The highest BCUT2D eigenvalue weighted by Crippen LogP contribution is 2.24. The molecule has 138 valence electrons. The van der Waals surface area contributed by atoms with Gasteiger partial charge in [0, 0.05) is 18.3 Å². The molecule has 1 aliphatic heterocycles. The summed E-state index contributed by atoms with van der Waals surface area (Å²) < 4.78 is 1.90. The van der Waals surface area contributed by atoms with E-state index in [2.05, 4.69) is 15.6 Å². The number of nitrogens with one attached hydrogen (secondary N) is 2. The molecule has 26 heavy (non-hydrogen) atoms. The van der Waals surface area contributed by atoms with Gasteiger partial charge < -0.3 is 15.2 Å². The van der Waals surface area contributed by atoms with Crippen molar-refractivity contribution < 1.29 is 9.59 Å². The molecule has 6 nitrogen and oxygen atoms in total. The van der Waals surface area contributed by atoms with Gasteiger partial charge in [0.25, 0.3) is 11.8 Å². The van der Waals surface area contributed by atoms with Crippen LogP contribution in [0, 0.1) is 13.8 Å². The minimum Gasteiger partial charge on any atom is -0.347 e. The Morgan fingerprint density at radius 2 is 1.81 bits per heavy atom. The first-order valence-corrected chi connectivity index (χ1v) is 9.16. The van der Waals surface area contributed by atoms with Crippen molar-refractivity contribution in [1.29, 1.82) is 0 Å². The van der Waals surface area contributed by atoms with E-state index in [4.69, 9.17) is 0 Å². The first kappa shape index (κ1) is 18.2. The Morgan fingerprint density at radius 1 is 1.12 bits per heavy atom. The molecule has 2 N–H and O–H groups in total. The Bertz CT molecular complexity index is 831. The van der Waals surface area contributed by atoms with Crippen molar-refractivity contribution in [2.24, 2.45) is 0 Å². The van der Waals surface area contributed by atoms with E-state index in [-0.39, 0.29) is 17.9 Å². The molecule has 0 atom stereocenters. The number of hydrogen-bond acceptors (Lipinski definition) is 3. The maximum Gasteiger partial charge on any atom is 0.287 e. The average molecular weight is 354 g/mol. The van der Waals surface area contributed by atoms with Crippen LogP contribution in [-0.2, 0) is 13.0 Å². The molecule has 2 aromatic rings. The van der Waals surface area contributed by atoms with Gasteiger partial charge in [0.1, 0.15) is 0 Å². The van der Waals surface area contributed by atoms with Crippen molar-refractivity contribution >= 4 is 17.5 Å². The number of aromatic nitrogens is 2. The lowest BCUT2D eigenvalue weighted by Gasteiger charge is -2.17. The zero-order chi connectivity index (χ0) is 18.8. The summed E-state index contributed by atoms with van der Waals surface area (Å²) in [6, 6.07) is 5.91. The molecular formula is C20H26N4O2. The molecule has 3 rings (SSSR count). The third kappa shape index (κ3) is 3.49. The number of anilines is 1. The molecular weight excluding hydrogens is 328 g/mol. The van der Waals surface area contributed by atoms with Crippen molar-refractivity contribution in [3.05, 3.63) is 46.5 Å². The maximum atomic E-state index is 12.9. The van der Waals surface area contributed by atoms with E-state index in [0.717, 1.165) is 48.3 Å². The van der Waals surface area contributed by atoms with Crippen LogP contribution in [0.2, 0.25) is 0 Å². The molecule has 1 aliphatic rings. The maximum absolute atomic E-state index is 12.9. The highest BCUT2D eigenvalue weighted by molar-refractivity contribution is 6.05. The summed E-state index contributed by atoms with van der Waals surface area (Å²) in [4.78, 5) is 29.9. The van der Waals surface area contributed by atoms with Crippen LogP contribution in [0.4, 0.5) is 5.69 Å². The van der Waals surface area contributed by atoms with Gasteiger partial charge in [0.15, 0.2) is 11.5 Å². The van der Waals surface area contributed by atoms with E-state index >= 15 is 0 Å². The van der Waals surface area contributed by atoms with Gasteiger partial charge in [-0.1, -0.05) is 18.2 Å². The molecule has 0 saturated heterocycles. The van der Waals surface area contributed by atoms with E-state index in [1.807, 2.05) is 50.5 Å². The van der Waals surface area contributed by atoms with Crippen LogP contribution >= 0.6 is 0 Å². The number of fused-ring (bicyclic) bond motifs is 1. The van der Waals surface area contributed by atoms with Crippen LogP contribution in [0.15, 0.2) is 18.2 Å². The molecule has 0 saturated carbocycles. The number of carbonyl (C=O) groups is 2. The second-order valence-electron chi connectivity index (χ2n) is 7.19. The van der Waals surface area contributed by atoms with E-state index in [1.165, 1.54) is 0 Å². The molecule has 6 heteroatoms. The normalized spacial score (nSPS) is 13.4. The number of para-hydroxylation sites is 1. The van der Waals surface area contributed by atoms with Gasteiger partial charge >= 0.3 is 0 Å². The molecule has 0 bridgehead atoms. The monoisotopic (exact) mass is 354 g/mol. The fourth-order valence-corrected chi connectivity index (χ4v) is 3.41. The molecule has 0 fully saturated rings. The van der Waals surface area contributed by atoms with Crippen LogP contribution < -0.4 is 10.6 Å². The molecule has 0 unspecified atom stereocenters.